The van der Waals surface area contributed by atoms with Crippen LogP contribution in [-0.2, 0) is 4.79 Å². The molecule has 0 atom stereocenters. The van der Waals surface area contributed by atoms with E-state index in [4.69, 9.17) is 11.6 Å². The van der Waals surface area contributed by atoms with Crippen molar-refractivity contribution in [3.05, 3.63) is 47.4 Å². The summed E-state index contributed by atoms with van der Waals surface area (Å²) in [5.41, 5.74) is 1.48. The Balaban J connectivity index is 0.00000320. The van der Waals surface area contributed by atoms with Crippen LogP contribution in [0.1, 0.15) is 33.6 Å². The number of rotatable bonds is 4. The number of aromatic nitrogens is 1. The normalized spacial score (nSPS) is 14.1. The third-order valence-corrected chi connectivity index (χ3v) is 5.47. The molecule has 30 heavy (non-hydrogen) atoms. The van der Waals surface area contributed by atoms with Gasteiger partial charge in [-0.05, 0) is 31.0 Å². The zero-order chi connectivity index (χ0) is 21.0. The molecule has 0 bridgehead atoms. The third kappa shape index (κ3) is 5.48. The van der Waals surface area contributed by atoms with Crippen LogP contribution in [0.25, 0.3) is 11.3 Å². The van der Waals surface area contributed by atoms with E-state index in [2.05, 4.69) is 10.3 Å². The fraction of sp³-hybridized carbons (Fsp3) is 0.409. The Morgan fingerprint density at radius 1 is 1.30 bits per heavy atom. The first kappa shape index (κ1) is 23.6. The van der Waals surface area contributed by atoms with Crippen LogP contribution in [0.5, 0.6) is 0 Å². The number of nitrogens with one attached hydrogen (secondary N) is 1. The van der Waals surface area contributed by atoms with Gasteiger partial charge >= 0.3 is 6.03 Å². The van der Waals surface area contributed by atoms with Gasteiger partial charge < -0.3 is 15.1 Å². The van der Waals surface area contributed by atoms with Gasteiger partial charge in [0.2, 0.25) is 5.91 Å². The predicted octanol–water partition coefficient (Wildman–Crippen LogP) is 5.04. The number of halogens is 2. The van der Waals surface area contributed by atoms with Gasteiger partial charge in [-0.25, -0.2) is 9.18 Å². The summed E-state index contributed by atoms with van der Waals surface area (Å²) in [4.78, 5) is 32.2. The van der Waals surface area contributed by atoms with Crippen LogP contribution in [0.3, 0.4) is 0 Å². The number of piperidine rings is 1. The van der Waals surface area contributed by atoms with Crippen LogP contribution in [0.4, 0.5) is 14.9 Å². The lowest BCUT2D eigenvalue weighted by molar-refractivity contribution is -0.132. The summed E-state index contributed by atoms with van der Waals surface area (Å²) in [5.74, 6) is -0.222. The number of urea groups is 1. The zero-order valence-electron chi connectivity index (χ0n) is 16.5. The number of carbonyl (C=O) groups excluding carboxylic acids is 2. The van der Waals surface area contributed by atoms with Gasteiger partial charge in [0, 0.05) is 38.2 Å². The first-order valence-electron chi connectivity index (χ1n) is 9.62. The molecule has 2 aromatic rings. The minimum absolute atomic E-state index is 0. The quantitative estimate of drug-likeness (QED) is 0.732. The highest BCUT2D eigenvalue weighted by atomic mass is 35.5. The number of anilines is 1. The van der Waals surface area contributed by atoms with E-state index >= 15 is 0 Å². The lowest BCUT2D eigenvalue weighted by atomic mass is 10.0. The molecule has 1 N–H and O–H groups in total. The zero-order valence-corrected chi connectivity index (χ0v) is 17.2. The van der Waals surface area contributed by atoms with Gasteiger partial charge in [-0.1, -0.05) is 38.1 Å². The highest BCUT2D eigenvalue weighted by Crippen LogP contribution is 2.28. The first-order chi connectivity index (χ1) is 13.9. The summed E-state index contributed by atoms with van der Waals surface area (Å²) in [5, 5.41) is 3.12. The Morgan fingerprint density at radius 3 is 2.60 bits per heavy atom. The molecule has 6 nitrogen and oxygen atoms in total. The maximum Gasteiger partial charge on any atom is 0.321 e. The SMILES string of the molecule is C.CCC(=O)N1CCC(N(C)C(=O)Nc2cnc(-c3cccc(F)c3)c(Cl)c2)CC1. The molecule has 1 aliphatic heterocycles. The first-order valence-corrected chi connectivity index (χ1v) is 10.00. The highest BCUT2D eigenvalue weighted by Gasteiger charge is 2.27. The molecule has 1 saturated heterocycles. The minimum atomic E-state index is -0.369. The average Bonchev–Trinajstić information content (AvgIpc) is 2.72. The second-order valence-electron chi connectivity index (χ2n) is 7.07. The summed E-state index contributed by atoms with van der Waals surface area (Å²) >= 11 is 6.30. The Kier molecular flexibility index (Phi) is 8.17. The number of likely N-dealkylation sites (tertiary alicyclic amines) is 1. The molecule has 1 aromatic carbocycles. The standard InChI is InChI=1S/C21H24ClFN4O2.CH4/c1-3-19(28)27-9-7-17(8-10-27)26(2)21(29)25-16-12-18(22)20(24-13-16)14-5-4-6-15(23)11-14;/h4-6,11-13,17H,3,7-10H2,1-2H3,(H,25,29);1H4. The number of hydrogen-bond donors (Lipinski definition) is 1. The van der Waals surface area contributed by atoms with Gasteiger partial charge in [-0.2, -0.15) is 0 Å². The van der Waals surface area contributed by atoms with Crippen LogP contribution >= 0.6 is 11.6 Å². The number of amides is 3. The number of benzene rings is 1. The van der Waals surface area contributed by atoms with Crippen molar-refractivity contribution in [1.29, 1.82) is 0 Å². The van der Waals surface area contributed by atoms with Crippen LogP contribution < -0.4 is 5.32 Å². The molecule has 0 spiro atoms. The summed E-state index contributed by atoms with van der Waals surface area (Å²) in [7, 11) is 1.74. The second kappa shape index (κ2) is 10.4. The summed E-state index contributed by atoms with van der Waals surface area (Å²) in [6.07, 6.45) is 3.49. The van der Waals surface area contributed by atoms with Crippen molar-refractivity contribution in [3.63, 3.8) is 0 Å². The van der Waals surface area contributed by atoms with Crippen molar-refractivity contribution in [2.24, 2.45) is 0 Å². The minimum Gasteiger partial charge on any atom is -0.343 e. The maximum atomic E-state index is 13.4. The van der Waals surface area contributed by atoms with Crippen molar-refractivity contribution in [3.8, 4) is 11.3 Å². The van der Waals surface area contributed by atoms with Crippen LogP contribution in [0, 0.1) is 5.82 Å². The van der Waals surface area contributed by atoms with Crippen molar-refractivity contribution in [2.75, 3.05) is 25.5 Å². The van der Waals surface area contributed by atoms with Gasteiger partial charge in [-0.3, -0.25) is 9.78 Å². The van der Waals surface area contributed by atoms with E-state index in [0.29, 0.717) is 41.5 Å². The number of pyridine rings is 1. The highest BCUT2D eigenvalue weighted by molar-refractivity contribution is 6.33. The van der Waals surface area contributed by atoms with E-state index in [0.717, 1.165) is 12.8 Å². The van der Waals surface area contributed by atoms with E-state index < -0.39 is 0 Å². The largest absolute Gasteiger partial charge is 0.343 e. The van der Waals surface area contributed by atoms with E-state index in [1.54, 1.807) is 30.1 Å². The molecule has 0 saturated carbocycles. The number of hydrogen-bond acceptors (Lipinski definition) is 3. The molecular weight excluding hydrogens is 407 g/mol. The number of carbonyl (C=O) groups is 2. The van der Waals surface area contributed by atoms with Crippen molar-refractivity contribution in [1.82, 2.24) is 14.8 Å². The maximum absolute atomic E-state index is 13.4. The van der Waals surface area contributed by atoms with Crippen molar-refractivity contribution < 1.29 is 14.0 Å². The Hall–Kier alpha value is -2.67. The third-order valence-electron chi connectivity index (χ3n) is 5.18. The van der Waals surface area contributed by atoms with Gasteiger partial charge in [0.1, 0.15) is 5.82 Å². The molecule has 1 aliphatic rings. The molecule has 1 aromatic heterocycles. The lowest BCUT2D eigenvalue weighted by Crippen LogP contribution is -2.48. The molecule has 162 valence electrons. The average molecular weight is 435 g/mol. The fourth-order valence-electron chi connectivity index (χ4n) is 3.46. The summed E-state index contributed by atoms with van der Waals surface area (Å²) in [6, 6.07) is 7.42. The monoisotopic (exact) mass is 434 g/mol. The molecule has 0 aliphatic carbocycles. The Bertz CT molecular complexity index is 900. The topological polar surface area (TPSA) is 65.5 Å². The molecule has 0 unspecified atom stereocenters. The number of nitrogens with zero attached hydrogens (tertiary/aromatic N) is 3. The molecule has 2 heterocycles. The second-order valence-corrected chi connectivity index (χ2v) is 7.48. The van der Waals surface area contributed by atoms with Gasteiger partial charge in [-0.15, -0.1) is 0 Å². The van der Waals surface area contributed by atoms with Crippen LogP contribution in [-0.4, -0.2) is 52.9 Å². The van der Waals surface area contributed by atoms with Crippen LogP contribution in [0.15, 0.2) is 36.5 Å². The van der Waals surface area contributed by atoms with E-state index in [1.165, 1.54) is 18.3 Å². The van der Waals surface area contributed by atoms with Gasteiger partial charge in [0.15, 0.2) is 0 Å². The molecule has 3 amide bonds. The Morgan fingerprint density at radius 2 is 2.00 bits per heavy atom. The van der Waals surface area contributed by atoms with Gasteiger partial charge in [0.05, 0.1) is 22.6 Å². The van der Waals surface area contributed by atoms with E-state index in [-0.39, 0.29) is 31.2 Å². The lowest BCUT2D eigenvalue weighted by Gasteiger charge is -2.36. The molecule has 3 rings (SSSR count). The summed E-state index contributed by atoms with van der Waals surface area (Å²) < 4.78 is 13.4. The molecule has 1 fully saturated rings. The van der Waals surface area contributed by atoms with Crippen molar-refractivity contribution in [2.45, 2.75) is 39.7 Å². The molecule has 8 heteroatoms. The van der Waals surface area contributed by atoms with Gasteiger partial charge in [0.25, 0.3) is 0 Å². The molecule has 0 radical (unpaired) electrons. The molecular formula is C22H28ClFN4O2. The fourth-order valence-corrected chi connectivity index (χ4v) is 3.73. The van der Waals surface area contributed by atoms with E-state index in [1.807, 2.05) is 11.8 Å². The van der Waals surface area contributed by atoms with E-state index in [9.17, 15) is 14.0 Å². The van der Waals surface area contributed by atoms with Crippen molar-refractivity contribution >= 4 is 29.2 Å². The smallest absolute Gasteiger partial charge is 0.321 e. The Labute approximate surface area is 182 Å². The summed E-state index contributed by atoms with van der Waals surface area (Å²) in [6.45, 7) is 3.17. The predicted molar refractivity (Wildman–Crippen MR) is 118 cm³/mol. The van der Waals surface area contributed by atoms with Crippen LogP contribution in [0.2, 0.25) is 5.02 Å².